The quantitative estimate of drug-likeness (QED) is 0.775. The van der Waals surface area contributed by atoms with Crippen molar-refractivity contribution in [2.45, 2.75) is 58.7 Å². The summed E-state index contributed by atoms with van der Waals surface area (Å²) in [5.74, 6) is 0.927. The summed E-state index contributed by atoms with van der Waals surface area (Å²) in [6, 6.07) is 2.11. The highest BCUT2D eigenvalue weighted by Gasteiger charge is 2.31. The smallest absolute Gasteiger partial charge is 0.0198 e. The van der Waals surface area contributed by atoms with Crippen molar-refractivity contribution in [1.29, 1.82) is 0 Å². The molecule has 3 nitrogen and oxygen atoms in total. The van der Waals surface area contributed by atoms with Crippen molar-refractivity contribution < 1.29 is 0 Å². The third-order valence-electron chi connectivity index (χ3n) is 5.16. The molecule has 112 valence electrons. The number of piperazine rings is 1. The molecule has 2 rings (SSSR count). The number of rotatable bonds is 3. The van der Waals surface area contributed by atoms with Crippen LogP contribution in [0.2, 0.25) is 0 Å². The maximum Gasteiger partial charge on any atom is 0.0198 e. The maximum atomic E-state index is 2.75. The lowest BCUT2D eigenvalue weighted by Crippen LogP contribution is -2.59. The van der Waals surface area contributed by atoms with E-state index in [4.69, 9.17) is 0 Å². The van der Waals surface area contributed by atoms with Gasteiger partial charge in [0.15, 0.2) is 0 Å². The topological polar surface area (TPSA) is 9.72 Å². The van der Waals surface area contributed by atoms with Gasteiger partial charge in [-0.15, -0.1) is 0 Å². The fourth-order valence-corrected chi connectivity index (χ4v) is 3.78. The Bertz CT molecular complexity index is 271. The summed E-state index contributed by atoms with van der Waals surface area (Å²) >= 11 is 0. The maximum absolute atomic E-state index is 2.75. The van der Waals surface area contributed by atoms with E-state index in [9.17, 15) is 0 Å². The van der Waals surface area contributed by atoms with E-state index in [0.29, 0.717) is 12.1 Å². The van der Waals surface area contributed by atoms with Crippen LogP contribution in [0.3, 0.4) is 0 Å². The highest BCUT2D eigenvalue weighted by molar-refractivity contribution is 4.87. The average Bonchev–Trinajstić information content (AvgIpc) is 2.35. The Morgan fingerprint density at radius 3 is 2.21 bits per heavy atom. The fourth-order valence-electron chi connectivity index (χ4n) is 3.78. The molecule has 2 unspecified atom stereocenters. The summed E-state index contributed by atoms with van der Waals surface area (Å²) in [4.78, 5) is 7.88. The third kappa shape index (κ3) is 3.93. The molecule has 2 atom stereocenters. The first-order chi connectivity index (χ1) is 8.97. The molecule has 3 heteroatoms. The number of hydrogen-bond acceptors (Lipinski definition) is 3. The lowest BCUT2D eigenvalue weighted by Gasteiger charge is -2.47. The van der Waals surface area contributed by atoms with Crippen LogP contribution in [0.25, 0.3) is 0 Å². The minimum absolute atomic E-state index is 0.683. The van der Waals surface area contributed by atoms with Crippen LogP contribution in [-0.2, 0) is 0 Å². The number of piperidine rings is 1. The van der Waals surface area contributed by atoms with Crippen molar-refractivity contribution >= 4 is 0 Å². The Balaban J connectivity index is 1.84. The van der Waals surface area contributed by atoms with Gasteiger partial charge in [-0.05, 0) is 66.6 Å². The summed E-state index contributed by atoms with van der Waals surface area (Å²) in [5, 5.41) is 0. The molecular formula is C16H33N3. The summed E-state index contributed by atoms with van der Waals surface area (Å²) in [6.45, 7) is 15.9. The second kappa shape index (κ2) is 6.55. The molecule has 0 saturated carbocycles. The molecule has 0 N–H and O–H groups in total. The molecule has 2 saturated heterocycles. The summed E-state index contributed by atoms with van der Waals surface area (Å²) in [7, 11) is 2.25. The molecule has 0 aromatic rings. The SMILES string of the molecule is CC1CN(C(C)C)C(C)CN1CC1CCN(C)CC1. The van der Waals surface area contributed by atoms with Gasteiger partial charge < -0.3 is 4.90 Å². The molecule has 2 fully saturated rings. The number of likely N-dealkylation sites (tertiary alicyclic amines) is 1. The molecule has 0 aliphatic carbocycles. The third-order valence-corrected chi connectivity index (χ3v) is 5.16. The van der Waals surface area contributed by atoms with E-state index >= 15 is 0 Å². The van der Waals surface area contributed by atoms with Crippen molar-refractivity contribution in [1.82, 2.24) is 14.7 Å². The highest BCUT2D eigenvalue weighted by atomic mass is 15.3. The van der Waals surface area contributed by atoms with E-state index < -0.39 is 0 Å². The van der Waals surface area contributed by atoms with Gasteiger partial charge in [-0.25, -0.2) is 0 Å². The van der Waals surface area contributed by atoms with Crippen molar-refractivity contribution in [2.75, 3.05) is 39.8 Å². The zero-order chi connectivity index (χ0) is 14.0. The first kappa shape index (κ1) is 15.3. The van der Waals surface area contributed by atoms with Crippen molar-refractivity contribution in [3.63, 3.8) is 0 Å². The largest absolute Gasteiger partial charge is 0.306 e. The first-order valence-electron chi connectivity index (χ1n) is 8.15. The van der Waals surface area contributed by atoms with Gasteiger partial charge >= 0.3 is 0 Å². The predicted octanol–water partition coefficient (Wildman–Crippen LogP) is 2.13. The van der Waals surface area contributed by atoms with Crippen LogP contribution in [0, 0.1) is 5.92 Å². The standard InChI is InChI=1S/C16H33N3/c1-13(2)19-11-14(3)18(10-15(19)4)12-16-6-8-17(5)9-7-16/h13-16H,6-12H2,1-5H3. The summed E-state index contributed by atoms with van der Waals surface area (Å²) < 4.78 is 0. The number of hydrogen-bond donors (Lipinski definition) is 0. The van der Waals surface area contributed by atoms with E-state index in [0.717, 1.165) is 12.0 Å². The highest BCUT2D eigenvalue weighted by Crippen LogP contribution is 2.23. The van der Waals surface area contributed by atoms with Crippen LogP contribution >= 0.6 is 0 Å². The van der Waals surface area contributed by atoms with Crippen LogP contribution in [0.15, 0.2) is 0 Å². The average molecular weight is 267 g/mol. The lowest BCUT2D eigenvalue weighted by molar-refractivity contribution is 0.0103. The van der Waals surface area contributed by atoms with E-state index in [-0.39, 0.29) is 0 Å². The first-order valence-corrected chi connectivity index (χ1v) is 8.15. The van der Waals surface area contributed by atoms with Gasteiger partial charge in [0.1, 0.15) is 0 Å². The molecule has 19 heavy (non-hydrogen) atoms. The Labute approximate surface area is 119 Å². The predicted molar refractivity (Wildman–Crippen MR) is 82.6 cm³/mol. The van der Waals surface area contributed by atoms with Crippen LogP contribution in [0.1, 0.15) is 40.5 Å². The molecule has 0 aromatic heterocycles. The van der Waals surface area contributed by atoms with Gasteiger partial charge in [-0.2, -0.15) is 0 Å². The van der Waals surface area contributed by atoms with Gasteiger partial charge in [0, 0.05) is 37.8 Å². The van der Waals surface area contributed by atoms with E-state index in [2.05, 4.69) is 49.4 Å². The van der Waals surface area contributed by atoms with Crippen molar-refractivity contribution in [2.24, 2.45) is 5.92 Å². The van der Waals surface area contributed by atoms with Gasteiger partial charge in [0.25, 0.3) is 0 Å². The van der Waals surface area contributed by atoms with Gasteiger partial charge in [-0.3, -0.25) is 9.80 Å². The Hall–Kier alpha value is -0.120. The zero-order valence-corrected chi connectivity index (χ0v) is 13.6. The molecule has 0 spiro atoms. The van der Waals surface area contributed by atoms with Crippen LogP contribution in [0.5, 0.6) is 0 Å². The van der Waals surface area contributed by atoms with Crippen LogP contribution in [0.4, 0.5) is 0 Å². The second-order valence-electron chi connectivity index (χ2n) is 7.19. The molecular weight excluding hydrogens is 234 g/mol. The minimum atomic E-state index is 0.683. The van der Waals surface area contributed by atoms with Crippen molar-refractivity contribution in [3.8, 4) is 0 Å². The Morgan fingerprint density at radius 2 is 1.63 bits per heavy atom. The summed E-state index contributed by atoms with van der Waals surface area (Å²) in [5.41, 5.74) is 0. The van der Waals surface area contributed by atoms with E-state index in [1.54, 1.807) is 0 Å². The normalized spacial score (nSPS) is 33.2. The molecule has 0 bridgehead atoms. The van der Waals surface area contributed by atoms with Crippen LogP contribution in [-0.4, -0.2) is 72.6 Å². The molecule has 2 aliphatic rings. The Morgan fingerprint density at radius 1 is 1.00 bits per heavy atom. The molecule has 2 heterocycles. The fraction of sp³-hybridized carbons (Fsp3) is 1.00. The molecule has 0 amide bonds. The monoisotopic (exact) mass is 267 g/mol. The number of nitrogens with zero attached hydrogens (tertiary/aromatic N) is 3. The minimum Gasteiger partial charge on any atom is -0.306 e. The van der Waals surface area contributed by atoms with Gasteiger partial charge in [-0.1, -0.05) is 0 Å². The summed E-state index contributed by atoms with van der Waals surface area (Å²) in [6.07, 6.45) is 2.78. The van der Waals surface area contributed by atoms with Gasteiger partial charge in [0.2, 0.25) is 0 Å². The van der Waals surface area contributed by atoms with Crippen LogP contribution < -0.4 is 0 Å². The molecule has 0 radical (unpaired) electrons. The zero-order valence-electron chi connectivity index (χ0n) is 13.6. The van der Waals surface area contributed by atoms with Crippen molar-refractivity contribution in [3.05, 3.63) is 0 Å². The molecule has 2 aliphatic heterocycles. The lowest BCUT2D eigenvalue weighted by atomic mass is 9.95. The second-order valence-corrected chi connectivity index (χ2v) is 7.19. The van der Waals surface area contributed by atoms with E-state index in [1.165, 1.54) is 45.6 Å². The van der Waals surface area contributed by atoms with E-state index in [1.807, 2.05) is 0 Å². The Kier molecular flexibility index (Phi) is 5.27. The molecule has 0 aromatic carbocycles. The van der Waals surface area contributed by atoms with Gasteiger partial charge in [0.05, 0.1) is 0 Å².